The average molecular weight is 382 g/mol. The number of amides is 1. The summed E-state index contributed by atoms with van der Waals surface area (Å²) in [6.45, 7) is 7.47. The van der Waals surface area contributed by atoms with Crippen molar-refractivity contribution in [2.75, 3.05) is 56.2 Å². The first kappa shape index (κ1) is 19.0. The summed E-state index contributed by atoms with van der Waals surface area (Å²) in [7, 11) is -0.949. The van der Waals surface area contributed by atoms with Crippen molar-refractivity contribution in [1.82, 2.24) is 19.8 Å². The largest absolute Gasteiger partial charge is 0.337 e. The van der Waals surface area contributed by atoms with E-state index in [0.717, 1.165) is 13.1 Å². The third-order valence-corrected chi connectivity index (χ3v) is 6.85. The first-order valence-electron chi connectivity index (χ1n) is 9.09. The van der Waals surface area contributed by atoms with Gasteiger partial charge < -0.3 is 14.7 Å². The van der Waals surface area contributed by atoms with Crippen LogP contribution in [0.1, 0.15) is 29.5 Å². The molecule has 0 N–H and O–H groups in total. The van der Waals surface area contributed by atoms with Crippen LogP contribution in [-0.2, 0) is 9.84 Å². The molecule has 8 nitrogen and oxygen atoms in total. The molecule has 0 aromatic carbocycles. The van der Waals surface area contributed by atoms with Crippen LogP contribution >= 0.6 is 0 Å². The highest BCUT2D eigenvalue weighted by atomic mass is 32.2. The summed E-state index contributed by atoms with van der Waals surface area (Å²) in [6, 6.07) is 1.59. The first-order chi connectivity index (χ1) is 12.3. The molecule has 1 unspecified atom stereocenters. The number of carbonyl (C=O) groups is 1. The van der Waals surface area contributed by atoms with Gasteiger partial charge in [-0.15, -0.1) is 0 Å². The van der Waals surface area contributed by atoms with E-state index >= 15 is 0 Å². The van der Waals surface area contributed by atoms with Gasteiger partial charge >= 0.3 is 0 Å². The standard InChI is InChI=1S/C17H27N5O3S/c1-4-22(14-5-10-26(24,25)12-14)17-18-13(2)11-15(19-17)16(23)21-8-6-20(3)7-9-21/h11,14H,4-10,12H2,1-3H3. The van der Waals surface area contributed by atoms with E-state index in [1.165, 1.54) is 0 Å². The van der Waals surface area contributed by atoms with Crippen molar-refractivity contribution in [3.63, 3.8) is 0 Å². The van der Waals surface area contributed by atoms with Crippen LogP contribution in [0.5, 0.6) is 0 Å². The maximum atomic E-state index is 12.8. The van der Waals surface area contributed by atoms with Crippen LogP contribution in [0.15, 0.2) is 6.07 Å². The number of rotatable bonds is 4. The molecule has 0 saturated carbocycles. The second-order valence-electron chi connectivity index (χ2n) is 7.13. The Morgan fingerprint density at radius 3 is 2.54 bits per heavy atom. The van der Waals surface area contributed by atoms with Gasteiger partial charge in [0.15, 0.2) is 9.84 Å². The van der Waals surface area contributed by atoms with Crippen molar-refractivity contribution in [3.05, 3.63) is 17.5 Å². The number of aryl methyl sites for hydroxylation is 1. The highest BCUT2D eigenvalue weighted by Gasteiger charge is 2.33. The van der Waals surface area contributed by atoms with Crippen LogP contribution in [0, 0.1) is 6.92 Å². The lowest BCUT2D eigenvalue weighted by molar-refractivity contribution is 0.0658. The van der Waals surface area contributed by atoms with Crippen molar-refractivity contribution in [2.45, 2.75) is 26.3 Å². The number of sulfone groups is 1. The summed E-state index contributed by atoms with van der Waals surface area (Å²) >= 11 is 0. The molecule has 2 fully saturated rings. The van der Waals surface area contributed by atoms with E-state index < -0.39 is 9.84 Å². The molecule has 3 heterocycles. The molecule has 1 atom stereocenters. The number of anilines is 1. The molecule has 26 heavy (non-hydrogen) atoms. The van der Waals surface area contributed by atoms with E-state index in [4.69, 9.17) is 0 Å². The third-order valence-electron chi connectivity index (χ3n) is 5.10. The van der Waals surface area contributed by atoms with Gasteiger partial charge in [-0.2, -0.15) is 0 Å². The molecule has 2 aliphatic rings. The molecule has 0 radical (unpaired) electrons. The van der Waals surface area contributed by atoms with E-state index in [1.807, 2.05) is 30.7 Å². The third kappa shape index (κ3) is 4.15. The maximum Gasteiger partial charge on any atom is 0.272 e. The number of likely N-dealkylation sites (N-methyl/N-ethyl adjacent to an activating group) is 1. The summed E-state index contributed by atoms with van der Waals surface area (Å²) in [5.41, 5.74) is 1.10. The number of hydrogen-bond acceptors (Lipinski definition) is 7. The molecule has 3 rings (SSSR count). The molecule has 0 aliphatic carbocycles. The molecule has 0 bridgehead atoms. The van der Waals surface area contributed by atoms with Crippen molar-refractivity contribution in [2.24, 2.45) is 0 Å². The zero-order valence-corrected chi connectivity index (χ0v) is 16.5. The minimum absolute atomic E-state index is 0.0834. The summed E-state index contributed by atoms with van der Waals surface area (Å²) in [5, 5.41) is 0. The van der Waals surface area contributed by atoms with Crippen LogP contribution in [0.4, 0.5) is 5.95 Å². The smallest absolute Gasteiger partial charge is 0.272 e. The topological polar surface area (TPSA) is 86.7 Å². The molecule has 144 valence electrons. The minimum Gasteiger partial charge on any atom is -0.337 e. The Balaban J connectivity index is 1.83. The van der Waals surface area contributed by atoms with Gasteiger partial charge in [-0.25, -0.2) is 18.4 Å². The molecule has 9 heteroatoms. The lowest BCUT2D eigenvalue weighted by Crippen LogP contribution is -2.47. The zero-order valence-electron chi connectivity index (χ0n) is 15.7. The van der Waals surface area contributed by atoms with Crippen LogP contribution in [-0.4, -0.2) is 91.4 Å². The van der Waals surface area contributed by atoms with Crippen LogP contribution in [0.3, 0.4) is 0 Å². The van der Waals surface area contributed by atoms with Gasteiger partial charge in [0.05, 0.1) is 11.5 Å². The molecule has 0 spiro atoms. The molecular formula is C17H27N5O3S. The highest BCUT2D eigenvalue weighted by molar-refractivity contribution is 7.91. The summed E-state index contributed by atoms with van der Waals surface area (Å²) < 4.78 is 23.7. The SMILES string of the molecule is CCN(c1nc(C)cc(C(=O)N2CCN(C)CC2)n1)C1CCS(=O)(=O)C1. The molecule has 1 amide bonds. The maximum absolute atomic E-state index is 12.8. The predicted molar refractivity (Wildman–Crippen MR) is 100 cm³/mol. The summed E-state index contributed by atoms with van der Waals surface area (Å²) in [6.07, 6.45) is 0.579. The zero-order chi connectivity index (χ0) is 18.9. The van der Waals surface area contributed by atoms with Gasteiger partial charge in [0.25, 0.3) is 5.91 Å². The van der Waals surface area contributed by atoms with E-state index in [9.17, 15) is 13.2 Å². The van der Waals surface area contributed by atoms with Crippen molar-refractivity contribution >= 4 is 21.7 Å². The Morgan fingerprint density at radius 1 is 1.27 bits per heavy atom. The van der Waals surface area contributed by atoms with E-state index in [1.54, 1.807) is 6.07 Å². The van der Waals surface area contributed by atoms with Gasteiger partial charge in [0.2, 0.25) is 5.95 Å². The number of nitrogens with zero attached hydrogens (tertiary/aromatic N) is 5. The van der Waals surface area contributed by atoms with Gasteiger partial charge in [0, 0.05) is 44.5 Å². The molecule has 2 aliphatic heterocycles. The lowest BCUT2D eigenvalue weighted by atomic mass is 10.2. The highest BCUT2D eigenvalue weighted by Crippen LogP contribution is 2.22. The number of carbonyl (C=O) groups excluding carboxylic acids is 1. The fourth-order valence-corrected chi connectivity index (χ4v) is 5.28. The Hall–Kier alpha value is -1.74. The normalized spacial score (nSPS) is 23.2. The van der Waals surface area contributed by atoms with Gasteiger partial charge in [-0.3, -0.25) is 4.79 Å². The Morgan fingerprint density at radius 2 is 1.96 bits per heavy atom. The van der Waals surface area contributed by atoms with Crippen molar-refractivity contribution in [1.29, 1.82) is 0 Å². The fourth-order valence-electron chi connectivity index (χ4n) is 3.55. The monoisotopic (exact) mass is 381 g/mol. The molecular weight excluding hydrogens is 354 g/mol. The lowest BCUT2D eigenvalue weighted by Gasteiger charge is -2.32. The van der Waals surface area contributed by atoms with Crippen LogP contribution < -0.4 is 4.90 Å². The second-order valence-corrected chi connectivity index (χ2v) is 9.36. The number of aromatic nitrogens is 2. The van der Waals surface area contributed by atoms with Crippen molar-refractivity contribution in [3.8, 4) is 0 Å². The van der Waals surface area contributed by atoms with Crippen molar-refractivity contribution < 1.29 is 13.2 Å². The minimum atomic E-state index is -2.99. The predicted octanol–water partition coefficient (Wildman–Crippen LogP) is 0.186. The number of hydrogen-bond donors (Lipinski definition) is 0. The number of piperazine rings is 1. The molecule has 1 aromatic rings. The van der Waals surface area contributed by atoms with Gasteiger partial charge in [-0.05, 0) is 33.4 Å². The Labute approximate surface area is 155 Å². The van der Waals surface area contributed by atoms with E-state index in [-0.39, 0.29) is 23.5 Å². The first-order valence-corrected chi connectivity index (χ1v) is 10.9. The average Bonchev–Trinajstić information content (AvgIpc) is 2.95. The van der Waals surface area contributed by atoms with Crippen LogP contribution in [0.2, 0.25) is 0 Å². The van der Waals surface area contributed by atoms with E-state index in [2.05, 4.69) is 14.9 Å². The van der Waals surface area contributed by atoms with E-state index in [0.29, 0.717) is 43.4 Å². The van der Waals surface area contributed by atoms with Gasteiger partial charge in [0.1, 0.15) is 5.69 Å². The molecule has 1 aromatic heterocycles. The molecule has 2 saturated heterocycles. The summed E-state index contributed by atoms with van der Waals surface area (Å²) in [4.78, 5) is 27.8. The Bertz CT molecular complexity index is 775. The fraction of sp³-hybridized carbons (Fsp3) is 0.706. The van der Waals surface area contributed by atoms with Crippen LogP contribution in [0.25, 0.3) is 0 Å². The Kier molecular flexibility index (Phi) is 5.47. The second kappa shape index (κ2) is 7.48. The quantitative estimate of drug-likeness (QED) is 0.736. The summed E-state index contributed by atoms with van der Waals surface area (Å²) in [5.74, 6) is 0.694. The van der Waals surface area contributed by atoms with Gasteiger partial charge in [-0.1, -0.05) is 0 Å².